The number of rotatable bonds is 8. The molecule has 0 radical (unpaired) electrons. The Morgan fingerprint density at radius 1 is 1.13 bits per heavy atom. The van der Waals surface area contributed by atoms with Crippen molar-refractivity contribution in [3.63, 3.8) is 0 Å². The molecule has 2 aromatic carbocycles. The molecule has 0 fully saturated rings. The molecule has 0 saturated heterocycles. The van der Waals surface area contributed by atoms with Crippen LogP contribution in [-0.2, 0) is 21.8 Å². The largest absolute Gasteiger partial charge is 0.497 e. The van der Waals surface area contributed by atoms with Crippen LogP contribution in [0.15, 0.2) is 52.4 Å². The van der Waals surface area contributed by atoms with Crippen molar-refractivity contribution in [1.29, 1.82) is 0 Å². The van der Waals surface area contributed by atoms with Crippen molar-refractivity contribution in [2.75, 3.05) is 26.5 Å². The Bertz CT molecular complexity index is 1000. The predicted molar refractivity (Wildman–Crippen MR) is 139 cm³/mol. The number of hydrogen-bond donors (Lipinski definition) is 2. The first kappa shape index (κ1) is 27.2. The number of hydrogen-bond acceptors (Lipinski definition) is 4. The fraction of sp³-hybridized carbons (Fsp3) is 0.435. The minimum atomic E-state index is -3.22. The molecule has 0 saturated carbocycles. The normalized spacial score (nSPS) is 12.1. The molecule has 8 heteroatoms. The summed E-state index contributed by atoms with van der Waals surface area (Å²) in [5.74, 6) is 1.56. The highest BCUT2D eigenvalue weighted by Crippen LogP contribution is 2.25. The van der Waals surface area contributed by atoms with Crippen LogP contribution in [0, 0.1) is 6.92 Å². The number of sulfone groups is 1. The zero-order chi connectivity index (χ0) is 22.4. The molecule has 0 aliphatic rings. The quantitative estimate of drug-likeness (QED) is 0.290. The number of halogens is 1. The number of guanidine groups is 1. The molecule has 0 aliphatic carbocycles. The van der Waals surface area contributed by atoms with E-state index >= 15 is 0 Å². The van der Waals surface area contributed by atoms with Gasteiger partial charge in [0.25, 0.3) is 0 Å². The second-order valence-corrected chi connectivity index (χ2v) is 10.0. The SMILES string of the molecule is CCNC(=NCc1ccc(S(C)(=O)=O)c(C)c1)NCC(C)(C)c1cccc(OC)c1.I. The van der Waals surface area contributed by atoms with Crippen LogP contribution in [0.3, 0.4) is 0 Å². The summed E-state index contributed by atoms with van der Waals surface area (Å²) in [7, 11) is -1.54. The Balaban J connectivity index is 0.00000480. The maximum Gasteiger partial charge on any atom is 0.191 e. The number of aliphatic imine (C=N–C) groups is 1. The molecule has 0 unspecified atom stereocenters. The van der Waals surface area contributed by atoms with Crippen molar-refractivity contribution in [2.24, 2.45) is 4.99 Å². The molecule has 0 aromatic heterocycles. The van der Waals surface area contributed by atoms with Gasteiger partial charge in [-0.25, -0.2) is 13.4 Å². The summed E-state index contributed by atoms with van der Waals surface area (Å²) in [6, 6.07) is 13.4. The van der Waals surface area contributed by atoms with Gasteiger partial charge < -0.3 is 15.4 Å². The van der Waals surface area contributed by atoms with Crippen LogP contribution in [0.5, 0.6) is 5.75 Å². The van der Waals surface area contributed by atoms with E-state index in [0.29, 0.717) is 18.0 Å². The van der Waals surface area contributed by atoms with Crippen LogP contribution < -0.4 is 15.4 Å². The Kier molecular flexibility index (Phi) is 10.3. The topological polar surface area (TPSA) is 79.8 Å². The van der Waals surface area contributed by atoms with Crippen LogP contribution in [0.2, 0.25) is 0 Å². The number of nitrogens with zero attached hydrogens (tertiary/aromatic N) is 1. The molecule has 0 aliphatic heterocycles. The molecule has 0 amide bonds. The Morgan fingerprint density at radius 2 is 1.84 bits per heavy atom. The number of ether oxygens (including phenoxy) is 1. The van der Waals surface area contributed by atoms with E-state index in [-0.39, 0.29) is 29.4 Å². The van der Waals surface area contributed by atoms with Crippen molar-refractivity contribution < 1.29 is 13.2 Å². The minimum absolute atomic E-state index is 0. The molecule has 31 heavy (non-hydrogen) atoms. The summed E-state index contributed by atoms with van der Waals surface area (Å²) in [5.41, 5.74) is 2.75. The lowest BCUT2D eigenvalue weighted by atomic mass is 9.84. The summed E-state index contributed by atoms with van der Waals surface area (Å²) < 4.78 is 28.9. The molecular formula is C23H34IN3O3S. The van der Waals surface area contributed by atoms with E-state index in [2.05, 4.69) is 41.6 Å². The minimum Gasteiger partial charge on any atom is -0.497 e. The van der Waals surface area contributed by atoms with Crippen LogP contribution >= 0.6 is 24.0 Å². The van der Waals surface area contributed by atoms with Crippen molar-refractivity contribution in [3.05, 3.63) is 59.2 Å². The molecular weight excluding hydrogens is 525 g/mol. The maximum absolute atomic E-state index is 11.8. The Labute approximate surface area is 203 Å². The van der Waals surface area contributed by atoms with Crippen LogP contribution in [0.4, 0.5) is 0 Å². The molecule has 0 atom stereocenters. The molecule has 6 nitrogen and oxygen atoms in total. The van der Waals surface area contributed by atoms with E-state index in [1.165, 1.54) is 11.8 Å². The summed E-state index contributed by atoms with van der Waals surface area (Å²) in [4.78, 5) is 5.03. The van der Waals surface area contributed by atoms with E-state index in [1.807, 2.05) is 38.1 Å². The van der Waals surface area contributed by atoms with Crippen molar-refractivity contribution in [2.45, 2.75) is 44.6 Å². The van der Waals surface area contributed by atoms with Crippen LogP contribution in [-0.4, -0.2) is 40.8 Å². The van der Waals surface area contributed by atoms with Gasteiger partial charge in [-0.2, -0.15) is 0 Å². The summed E-state index contributed by atoms with van der Waals surface area (Å²) >= 11 is 0. The van der Waals surface area contributed by atoms with E-state index in [0.717, 1.165) is 29.4 Å². The lowest BCUT2D eigenvalue weighted by Gasteiger charge is -2.27. The number of benzene rings is 2. The van der Waals surface area contributed by atoms with E-state index < -0.39 is 9.84 Å². The van der Waals surface area contributed by atoms with E-state index in [4.69, 9.17) is 4.74 Å². The second-order valence-electron chi connectivity index (χ2n) is 8.04. The van der Waals surface area contributed by atoms with Gasteiger partial charge in [0.15, 0.2) is 15.8 Å². The van der Waals surface area contributed by atoms with Crippen molar-refractivity contribution >= 4 is 39.8 Å². The lowest BCUT2D eigenvalue weighted by molar-refractivity contribution is 0.411. The van der Waals surface area contributed by atoms with Gasteiger partial charge in [0.1, 0.15) is 5.75 Å². The summed E-state index contributed by atoms with van der Waals surface area (Å²) in [6.07, 6.45) is 1.23. The predicted octanol–water partition coefficient (Wildman–Crippen LogP) is 4.06. The van der Waals surface area contributed by atoms with Crippen molar-refractivity contribution in [1.82, 2.24) is 10.6 Å². The summed E-state index contributed by atoms with van der Waals surface area (Å²) in [5, 5.41) is 6.69. The third kappa shape index (κ3) is 7.99. The lowest BCUT2D eigenvalue weighted by Crippen LogP contribution is -2.43. The summed E-state index contributed by atoms with van der Waals surface area (Å²) in [6.45, 7) is 10.1. The van der Waals surface area contributed by atoms with Gasteiger partial charge in [0, 0.05) is 24.8 Å². The number of aryl methyl sites for hydroxylation is 1. The highest BCUT2D eigenvalue weighted by atomic mass is 127. The number of methoxy groups -OCH3 is 1. The van der Waals surface area contributed by atoms with Gasteiger partial charge in [-0.3, -0.25) is 0 Å². The zero-order valence-electron chi connectivity index (χ0n) is 19.2. The first-order chi connectivity index (χ1) is 14.1. The molecule has 0 heterocycles. The van der Waals surface area contributed by atoms with Gasteiger partial charge in [0.2, 0.25) is 0 Å². The fourth-order valence-electron chi connectivity index (χ4n) is 3.19. The molecule has 2 aromatic rings. The molecule has 0 spiro atoms. The average Bonchev–Trinajstić information content (AvgIpc) is 2.69. The standard InChI is InChI=1S/C23H33N3O3S.HI/c1-7-24-22(25-15-18-11-12-21(17(2)13-18)30(6,27)28)26-16-23(3,4)19-9-8-10-20(14-19)29-5;/h8-14H,7,15-16H2,1-6H3,(H2,24,25,26);1H. The Morgan fingerprint density at radius 3 is 2.42 bits per heavy atom. The highest BCUT2D eigenvalue weighted by molar-refractivity contribution is 14.0. The first-order valence-corrected chi connectivity index (χ1v) is 11.9. The Hall–Kier alpha value is -1.81. The third-order valence-electron chi connectivity index (χ3n) is 4.95. The van der Waals surface area contributed by atoms with Gasteiger partial charge in [0.05, 0.1) is 18.6 Å². The smallest absolute Gasteiger partial charge is 0.191 e. The highest BCUT2D eigenvalue weighted by Gasteiger charge is 2.21. The molecule has 0 bridgehead atoms. The zero-order valence-corrected chi connectivity index (χ0v) is 22.3. The third-order valence-corrected chi connectivity index (χ3v) is 6.21. The molecule has 172 valence electrons. The van der Waals surface area contributed by atoms with Gasteiger partial charge in [-0.15, -0.1) is 24.0 Å². The van der Waals surface area contributed by atoms with Crippen LogP contribution in [0.25, 0.3) is 0 Å². The van der Waals surface area contributed by atoms with Crippen molar-refractivity contribution in [3.8, 4) is 5.75 Å². The fourth-order valence-corrected chi connectivity index (χ4v) is 4.15. The molecule has 2 N–H and O–H groups in total. The number of nitrogens with one attached hydrogen (secondary N) is 2. The monoisotopic (exact) mass is 559 g/mol. The van der Waals surface area contributed by atoms with Gasteiger partial charge in [-0.05, 0) is 48.7 Å². The van der Waals surface area contributed by atoms with E-state index in [1.54, 1.807) is 13.2 Å². The van der Waals surface area contributed by atoms with Crippen LogP contribution in [0.1, 0.15) is 37.5 Å². The second kappa shape index (κ2) is 11.7. The van der Waals surface area contributed by atoms with Gasteiger partial charge in [-0.1, -0.05) is 38.1 Å². The van der Waals surface area contributed by atoms with Gasteiger partial charge >= 0.3 is 0 Å². The average molecular weight is 560 g/mol. The first-order valence-electron chi connectivity index (χ1n) is 10.0. The van der Waals surface area contributed by atoms with E-state index in [9.17, 15) is 8.42 Å². The molecule has 2 rings (SSSR count). The maximum atomic E-state index is 11.8.